The third-order valence-electron chi connectivity index (χ3n) is 3.93. The zero-order chi connectivity index (χ0) is 15.6. The van der Waals surface area contributed by atoms with Gasteiger partial charge in [0.05, 0.1) is 20.1 Å². The van der Waals surface area contributed by atoms with Gasteiger partial charge < -0.3 is 20.1 Å². The second kappa shape index (κ2) is 9.30. The van der Waals surface area contributed by atoms with Gasteiger partial charge in [-0.25, -0.2) is 0 Å². The van der Waals surface area contributed by atoms with E-state index < -0.39 is 0 Å². The van der Waals surface area contributed by atoms with E-state index in [0.717, 1.165) is 26.1 Å². The van der Waals surface area contributed by atoms with Crippen molar-refractivity contribution in [3.63, 3.8) is 0 Å². The smallest absolute Gasteiger partial charge is 0.223 e. The van der Waals surface area contributed by atoms with Crippen molar-refractivity contribution < 1.29 is 14.3 Å². The Morgan fingerprint density at radius 1 is 1.36 bits per heavy atom. The minimum Gasteiger partial charge on any atom is -0.493 e. The van der Waals surface area contributed by atoms with Crippen LogP contribution in [0, 0.1) is 5.92 Å². The van der Waals surface area contributed by atoms with Gasteiger partial charge in [0.25, 0.3) is 0 Å². The van der Waals surface area contributed by atoms with Gasteiger partial charge in [-0.2, -0.15) is 0 Å². The first-order chi connectivity index (χ1) is 10.8. The number of methoxy groups -OCH3 is 1. The number of nitrogens with one attached hydrogen (secondary N) is 2. The standard InChI is InChI=1S/C17H26N2O3/c1-21-15-6-2-3-7-16(15)22-12-9-17(20)19-11-8-14-5-4-10-18-13-14/h2-3,6-7,14,18H,4-5,8-13H2,1H3,(H,19,20). The summed E-state index contributed by atoms with van der Waals surface area (Å²) in [4.78, 5) is 11.8. The number of ether oxygens (including phenoxy) is 2. The lowest BCUT2D eigenvalue weighted by Crippen LogP contribution is -2.33. The molecule has 2 N–H and O–H groups in total. The Bertz CT molecular complexity index is 459. The molecule has 0 spiro atoms. The first-order valence-corrected chi connectivity index (χ1v) is 8.03. The van der Waals surface area contributed by atoms with Crippen molar-refractivity contribution in [1.82, 2.24) is 10.6 Å². The molecule has 1 aliphatic rings. The second-order valence-electron chi connectivity index (χ2n) is 5.60. The van der Waals surface area contributed by atoms with E-state index in [1.165, 1.54) is 12.8 Å². The second-order valence-corrected chi connectivity index (χ2v) is 5.60. The highest BCUT2D eigenvalue weighted by Crippen LogP contribution is 2.25. The van der Waals surface area contributed by atoms with Crippen LogP contribution in [0.2, 0.25) is 0 Å². The van der Waals surface area contributed by atoms with E-state index in [4.69, 9.17) is 9.47 Å². The van der Waals surface area contributed by atoms with Gasteiger partial charge in [-0.05, 0) is 50.4 Å². The zero-order valence-electron chi connectivity index (χ0n) is 13.3. The summed E-state index contributed by atoms with van der Waals surface area (Å²) in [6, 6.07) is 7.45. The normalized spacial score (nSPS) is 17.8. The first kappa shape index (κ1) is 16.6. The molecule has 0 radical (unpaired) electrons. The molecular weight excluding hydrogens is 280 g/mol. The highest BCUT2D eigenvalue weighted by molar-refractivity contribution is 5.75. The van der Waals surface area contributed by atoms with Crippen LogP contribution in [-0.4, -0.2) is 39.3 Å². The summed E-state index contributed by atoms with van der Waals surface area (Å²) in [5.74, 6) is 2.09. The minimum atomic E-state index is 0.0404. The minimum absolute atomic E-state index is 0.0404. The predicted octanol–water partition coefficient (Wildman–Crippen LogP) is 1.97. The Kier molecular flexibility index (Phi) is 7.03. The Morgan fingerprint density at radius 3 is 2.91 bits per heavy atom. The van der Waals surface area contributed by atoms with E-state index in [-0.39, 0.29) is 5.91 Å². The lowest BCUT2D eigenvalue weighted by molar-refractivity contribution is -0.121. The Hall–Kier alpha value is -1.75. The Balaban J connectivity index is 1.59. The highest BCUT2D eigenvalue weighted by atomic mass is 16.5. The number of rotatable bonds is 8. The summed E-state index contributed by atoms with van der Waals surface area (Å²) in [6.07, 6.45) is 3.91. The van der Waals surface area contributed by atoms with Crippen molar-refractivity contribution in [3.05, 3.63) is 24.3 Å². The number of carbonyl (C=O) groups excluding carboxylic acids is 1. The van der Waals surface area contributed by atoms with Crippen LogP contribution < -0.4 is 20.1 Å². The molecule has 5 nitrogen and oxygen atoms in total. The van der Waals surface area contributed by atoms with Crippen molar-refractivity contribution in [2.24, 2.45) is 5.92 Å². The van der Waals surface area contributed by atoms with Gasteiger partial charge in [0.1, 0.15) is 0 Å². The summed E-state index contributed by atoms with van der Waals surface area (Å²) in [6.45, 7) is 3.31. The SMILES string of the molecule is COc1ccccc1OCCC(=O)NCCC1CCCNC1. The topological polar surface area (TPSA) is 59.6 Å². The maximum atomic E-state index is 11.8. The van der Waals surface area contributed by atoms with Gasteiger partial charge in [-0.3, -0.25) is 4.79 Å². The van der Waals surface area contributed by atoms with Crippen molar-refractivity contribution in [2.75, 3.05) is 33.4 Å². The molecule has 2 rings (SSSR count). The van der Waals surface area contributed by atoms with Crippen LogP contribution in [0.15, 0.2) is 24.3 Å². The largest absolute Gasteiger partial charge is 0.493 e. The number of hydrogen-bond donors (Lipinski definition) is 2. The van der Waals surface area contributed by atoms with Crippen molar-refractivity contribution >= 4 is 5.91 Å². The molecular formula is C17H26N2O3. The quantitative estimate of drug-likeness (QED) is 0.771. The first-order valence-electron chi connectivity index (χ1n) is 8.03. The average Bonchev–Trinajstić information content (AvgIpc) is 2.56. The van der Waals surface area contributed by atoms with Gasteiger partial charge in [0, 0.05) is 6.54 Å². The van der Waals surface area contributed by atoms with Gasteiger partial charge >= 0.3 is 0 Å². The molecule has 0 saturated carbocycles. The monoisotopic (exact) mass is 306 g/mol. The molecule has 1 atom stereocenters. The van der Waals surface area contributed by atoms with E-state index in [2.05, 4.69) is 10.6 Å². The van der Waals surface area contributed by atoms with Crippen LogP contribution >= 0.6 is 0 Å². The summed E-state index contributed by atoms with van der Waals surface area (Å²) < 4.78 is 10.8. The number of amides is 1. The number of piperidine rings is 1. The van der Waals surface area contributed by atoms with E-state index in [1.54, 1.807) is 7.11 Å². The molecule has 1 heterocycles. The molecule has 1 unspecified atom stereocenters. The van der Waals surface area contributed by atoms with Gasteiger partial charge in [-0.1, -0.05) is 12.1 Å². The van der Waals surface area contributed by atoms with Crippen LogP contribution in [0.3, 0.4) is 0 Å². The molecule has 1 aliphatic heterocycles. The number of carbonyl (C=O) groups is 1. The van der Waals surface area contributed by atoms with E-state index >= 15 is 0 Å². The molecule has 1 amide bonds. The summed E-state index contributed by atoms with van der Waals surface area (Å²) in [7, 11) is 1.61. The van der Waals surface area contributed by atoms with Gasteiger partial charge in [0.2, 0.25) is 5.91 Å². The number of benzene rings is 1. The highest BCUT2D eigenvalue weighted by Gasteiger charge is 2.12. The third-order valence-corrected chi connectivity index (χ3v) is 3.93. The molecule has 0 bridgehead atoms. The van der Waals surface area contributed by atoms with Crippen LogP contribution in [0.4, 0.5) is 0 Å². The lowest BCUT2D eigenvalue weighted by Gasteiger charge is -2.22. The fraction of sp³-hybridized carbons (Fsp3) is 0.588. The lowest BCUT2D eigenvalue weighted by atomic mass is 9.96. The van der Waals surface area contributed by atoms with Crippen LogP contribution in [-0.2, 0) is 4.79 Å². The Morgan fingerprint density at radius 2 is 2.18 bits per heavy atom. The predicted molar refractivity (Wildman–Crippen MR) is 86.3 cm³/mol. The molecule has 1 saturated heterocycles. The van der Waals surface area contributed by atoms with Crippen molar-refractivity contribution in [1.29, 1.82) is 0 Å². The van der Waals surface area contributed by atoms with E-state index in [1.807, 2.05) is 24.3 Å². The van der Waals surface area contributed by atoms with E-state index in [0.29, 0.717) is 30.4 Å². The average molecular weight is 306 g/mol. The van der Waals surface area contributed by atoms with Crippen molar-refractivity contribution in [2.45, 2.75) is 25.7 Å². The number of hydrogen-bond acceptors (Lipinski definition) is 4. The molecule has 1 fully saturated rings. The molecule has 1 aromatic carbocycles. The zero-order valence-corrected chi connectivity index (χ0v) is 13.3. The molecule has 0 aliphatic carbocycles. The summed E-state index contributed by atoms with van der Waals surface area (Å²) in [5, 5.41) is 6.36. The molecule has 5 heteroatoms. The van der Waals surface area contributed by atoms with Crippen LogP contribution in [0.5, 0.6) is 11.5 Å². The molecule has 122 valence electrons. The van der Waals surface area contributed by atoms with Gasteiger partial charge in [0.15, 0.2) is 11.5 Å². The van der Waals surface area contributed by atoms with Crippen LogP contribution in [0.25, 0.3) is 0 Å². The van der Waals surface area contributed by atoms with Gasteiger partial charge in [-0.15, -0.1) is 0 Å². The molecule has 0 aromatic heterocycles. The fourth-order valence-electron chi connectivity index (χ4n) is 2.67. The Labute approximate surface area is 132 Å². The fourth-order valence-corrected chi connectivity index (χ4v) is 2.67. The summed E-state index contributed by atoms with van der Waals surface area (Å²) in [5.41, 5.74) is 0. The maximum Gasteiger partial charge on any atom is 0.223 e. The molecule has 1 aromatic rings. The number of para-hydroxylation sites is 2. The van der Waals surface area contributed by atoms with Crippen LogP contribution in [0.1, 0.15) is 25.7 Å². The summed E-state index contributed by atoms with van der Waals surface area (Å²) >= 11 is 0. The van der Waals surface area contributed by atoms with E-state index in [9.17, 15) is 4.79 Å². The van der Waals surface area contributed by atoms with Crippen molar-refractivity contribution in [3.8, 4) is 11.5 Å². The third kappa shape index (κ3) is 5.56. The molecule has 22 heavy (non-hydrogen) atoms. The maximum absolute atomic E-state index is 11.8.